The van der Waals surface area contributed by atoms with Crippen LogP contribution in [-0.4, -0.2) is 38.1 Å². The predicted octanol–water partition coefficient (Wildman–Crippen LogP) is 0.448. The van der Waals surface area contributed by atoms with Crippen molar-refractivity contribution in [1.82, 2.24) is 4.98 Å². The summed E-state index contributed by atoms with van der Waals surface area (Å²) < 4.78 is 4.99. The third-order valence-corrected chi connectivity index (χ3v) is 2.09. The summed E-state index contributed by atoms with van der Waals surface area (Å²) in [6.07, 6.45) is 1.65. The number of likely N-dealkylation sites (N-methyl/N-ethyl adjacent to an activating group) is 1. The van der Waals surface area contributed by atoms with Gasteiger partial charge in [-0.25, -0.2) is 0 Å². The van der Waals surface area contributed by atoms with Crippen LogP contribution in [0.5, 0.6) is 0 Å². The molecule has 15 heavy (non-hydrogen) atoms. The first-order valence-corrected chi connectivity index (χ1v) is 4.65. The lowest BCUT2D eigenvalue weighted by Crippen LogP contribution is -2.23. The maximum Gasteiger partial charge on any atom is 0.141 e. The summed E-state index contributed by atoms with van der Waals surface area (Å²) in [4.78, 5) is 6.02. The summed E-state index contributed by atoms with van der Waals surface area (Å²) in [6, 6.07) is 3.67. The molecule has 0 unspecified atom stereocenters. The molecule has 0 spiro atoms. The number of amidine groups is 1. The van der Waals surface area contributed by atoms with Gasteiger partial charge in [0.05, 0.1) is 6.61 Å². The van der Waals surface area contributed by atoms with Gasteiger partial charge in [0.2, 0.25) is 0 Å². The third kappa shape index (κ3) is 3.21. The second-order valence-corrected chi connectivity index (χ2v) is 3.23. The highest BCUT2D eigenvalue weighted by Crippen LogP contribution is 2.11. The van der Waals surface area contributed by atoms with Gasteiger partial charge in [0.1, 0.15) is 11.5 Å². The predicted molar refractivity (Wildman–Crippen MR) is 60.4 cm³/mol. The number of anilines is 1. The van der Waals surface area contributed by atoms with Crippen LogP contribution < -0.4 is 10.6 Å². The van der Waals surface area contributed by atoms with Crippen LogP contribution in [0.25, 0.3) is 0 Å². The van der Waals surface area contributed by atoms with Gasteiger partial charge in [0, 0.05) is 32.6 Å². The maximum absolute atomic E-state index is 7.28. The zero-order valence-electron chi connectivity index (χ0n) is 9.03. The summed E-state index contributed by atoms with van der Waals surface area (Å²) in [7, 11) is 3.62. The summed E-state index contributed by atoms with van der Waals surface area (Å²) in [5, 5.41) is 7.28. The first-order valence-electron chi connectivity index (χ1n) is 4.65. The van der Waals surface area contributed by atoms with E-state index in [-0.39, 0.29) is 5.84 Å². The van der Waals surface area contributed by atoms with Crippen molar-refractivity contribution in [3.63, 3.8) is 0 Å². The summed E-state index contributed by atoms with van der Waals surface area (Å²) >= 11 is 0. The van der Waals surface area contributed by atoms with Gasteiger partial charge < -0.3 is 15.4 Å². The number of pyridine rings is 1. The van der Waals surface area contributed by atoms with Crippen molar-refractivity contribution in [3.05, 3.63) is 24.0 Å². The molecule has 3 N–H and O–H groups in total. The minimum absolute atomic E-state index is 0.0167. The minimum atomic E-state index is -0.0167. The maximum atomic E-state index is 7.28. The van der Waals surface area contributed by atoms with Gasteiger partial charge in [-0.3, -0.25) is 10.4 Å². The number of aromatic nitrogens is 1. The molecular weight excluding hydrogens is 192 g/mol. The number of nitrogens with zero attached hydrogens (tertiary/aromatic N) is 2. The molecular formula is C10H16N4O. The van der Waals surface area contributed by atoms with Crippen molar-refractivity contribution >= 4 is 11.5 Å². The van der Waals surface area contributed by atoms with E-state index in [2.05, 4.69) is 4.98 Å². The molecule has 5 nitrogen and oxygen atoms in total. The van der Waals surface area contributed by atoms with Crippen LogP contribution in [0.3, 0.4) is 0 Å². The van der Waals surface area contributed by atoms with Gasteiger partial charge >= 0.3 is 0 Å². The topological polar surface area (TPSA) is 75.2 Å². The molecule has 0 bridgehead atoms. The van der Waals surface area contributed by atoms with Gasteiger partial charge in [0.25, 0.3) is 0 Å². The Morgan fingerprint density at radius 3 is 3.00 bits per heavy atom. The largest absolute Gasteiger partial charge is 0.383 e. The number of nitrogens with two attached hydrogens (primary N) is 1. The first kappa shape index (κ1) is 11.5. The fourth-order valence-corrected chi connectivity index (χ4v) is 1.16. The molecule has 82 valence electrons. The minimum Gasteiger partial charge on any atom is -0.383 e. The van der Waals surface area contributed by atoms with E-state index in [1.807, 2.05) is 18.0 Å². The lowest BCUT2D eigenvalue weighted by Gasteiger charge is -2.18. The quantitative estimate of drug-likeness (QED) is 0.544. The molecule has 0 fully saturated rings. The average molecular weight is 208 g/mol. The molecule has 1 rings (SSSR count). The Morgan fingerprint density at radius 2 is 2.40 bits per heavy atom. The van der Waals surface area contributed by atoms with E-state index in [0.29, 0.717) is 12.3 Å². The van der Waals surface area contributed by atoms with Crippen LogP contribution in [0, 0.1) is 5.41 Å². The van der Waals surface area contributed by atoms with E-state index >= 15 is 0 Å². The number of ether oxygens (including phenoxy) is 1. The standard InChI is InChI=1S/C10H16N4O/c1-14(5-6-15-2)8-3-4-13-9(7-8)10(11)12/h3-4,7H,5-6H2,1-2H3,(H3,11,12). The molecule has 1 aromatic rings. The molecule has 0 saturated carbocycles. The smallest absolute Gasteiger partial charge is 0.141 e. The van der Waals surface area contributed by atoms with Crippen LogP contribution in [0.4, 0.5) is 5.69 Å². The van der Waals surface area contributed by atoms with Crippen LogP contribution in [-0.2, 0) is 4.74 Å². The van der Waals surface area contributed by atoms with Gasteiger partial charge in [0.15, 0.2) is 0 Å². The zero-order chi connectivity index (χ0) is 11.3. The Bertz CT molecular complexity index is 340. The molecule has 0 saturated heterocycles. The van der Waals surface area contributed by atoms with E-state index in [0.717, 1.165) is 12.2 Å². The molecule has 0 aliphatic rings. The molecule has 0 aliphatic carbocycles. The highest BCUT2D eigenvalue weighted by molar-refractivity contribution is 5.93. The monoisotopic (exact) mass is 208 g/mol. The Labute approximate surface area is 89.4 Å². The molecule has 0 aromatic carbocycles. The number of rotatable bonds is 5. The number of methoxy groups -OCH3 is 1. The molecule has 1 heterocycles. The fraction of sp³-hybridized carbons (Fsp3) is 0.400. The lowest BCUT2D eigenvalue weighted by atomic mass is 10.3. The SMILES string of the molecule is COCCN(C)c1ccnc(C(=N)N)c1. The average Bonchev–Trinajstić information content (AvgIpc) is 2.26. The molecule has 1 aromatic heterocycles. The Morgan fingerprint density at radius 1 is 1.67 bits per heavy atom. The Hall–Kier alpha value is -1.62. The molecule has 0 amide bonds. The summed E-state index contributed by atoms with van der Waals surface area (Å²) in [5.41, 5.74) is 6.84. The van der Waals surface area contributed by atoms with Crippen molar-refractivity contribution in [1.29, 1.82) is 5.41 Å². The van der Waals surface area contributed by atoms with Gasteiger partial charge in [-0.2, -0.15) is 0 Å². The molecule has 0 radical (unpaired) electrons. The number of nitrogen functional groups attached to an aromatic ring is 1. The van der Waals surface area contributed by atoms with E-state index < -0.39 is 0 Å². The van der Waals surface area contributed by atoms with E-state index in [1.54, 1.807) is 19.4 Å². The van der Waals surface area contributed by atoms with Crippen LogP contribution >= 0.6 is 0 Å². The second kappa shape index (κ2) is 5.31. The third-order valence-electron chi connectivity index (χ3n) is 2.09. The normalized spacial score (nSPS) is 10.0. The van der Waals surface area contributed by atoms with Crippen molar-refractivity contribution < 1.29 is 4.74 Å². The molecule has 0 atom stereocenters. The van der Waals surface area contributed by atoms with Crippen molar-refractivity contribution in [3.8, 4) is 0 Å². The highest BCUT2D eigenvalue weighted by atomic mass is 16.5. The van der Waals surface area contributed by atoms with Gasteiger partial charge in [-0.1, -0.05) is 0 Å². The zero-order valence-corrected chi connectivity index (χ0v) is 9.03. The fourth-order valence-electron chi connectivity index (χ4n) is 1.16. The van der Waals surface area contributed by atoms with E-state index in [9.17, 15) is 0 Å². The van der Waals surface area contributed by atoms with Crippen LogP contribution in [0.2, 0.25) is 0 Å². The van der Waals surface area contributed by atoms with Crippen molar-refractivity contribution in [2.24, 2.45) is 5.73 Å². The van der Waals surface area contributed by atoms with Gasteiger partial charge in [-0.05, 0) is 12.1 Å². The molecule has 5 heteroatoms. The Kier molecular flexibility index (Phi) is 4.05. The van der Waals surface area contributed by atoms with Crippen LogP contribution in [0.15, 0.2) is 18.3 Å². The summed E-state index contributed by atoms with van der Waals surface area (Å²) in [6.45, 7) is 1.45. The van der Waals surface area contributed by atoms with Crippen molar-refractivity contribution in [2.45, 2.75) is 0 Å². The molecule has 0 aliphatic heterocycles. The number of hydrogen-bond donors (Lipinski definition) is 2. The summed E-state index contributed by atoms with van der Waals surface area (Å²) in [5.74, 6) is -0.0167. The number of hydrogen-bond acceptors (Lipinski definition) is 4. The highest BCUT2D eigenvalue weighted by Gasteiger charge is 2.03. The van der Waals surface area contributed by atoms with Crippen molar-refractivity contribution in [2.75, 3.05) is 32.2 Å². The van der Waals surface area contributed by atoms with E-state index in [4.69, 9.17) is 15.9 Å². The second-order valence-electron chi connectivity index (χ2n) is 3.23. The first-order chi connectivity index (χ1) is 7.15. The van der Waals surface area contributed by atoms with Gasteiger partial charge in [-0.15, -0.1) is 0 Å². The lowest BCUT2D eigenvalue weighted by molar-refractivity contribution is 0.206. The van der Waals surface area contributed by atoms with E-state index in [1.165, 1.54) is 0 Å². The Balaban J connectivity index is 2.76. The number of nitrogens with one attached hydrogen (secondary N) is 1. The van der Waals surface area contributed by atoms with Crippen LogP contribution in [0.1, 0.15) is 5.69 Å².